The molecule has 20 heavy (non-hydrogen) atoms. The molecule has 0 radical (unpaired) electrons. The van der Waals surface area contributed by atoms with Gasteiger partial charge in [-0.15, -0.1) is 0 Å². The van der Waals surface area contributed by atoms with Gasteiger partial charge >= 0.3 is 0 Å². The summed E-state index contributed by atoms with van der Waals surface area (Å²) in [6.07, 6.45) is 0. The first-order valence-corrected chi connectivity index (χ1v) is 6.51. The van der Waals surface area contributed by atoms with Crippen LogP contribution in [0.15, 0.2) is 18.2 Å². The van der Waals surface area contributed by atoms with E-state index in [0.29, 0.717) is 23.3 Å². The van der Waals surface area contributed by atoms with Crippen LogP contribution >= 0.6 is 11.6 Å². The third-order valence-corrected chi connectivity index (χ3v) is 3.64. The van der Waals surface area contributed by atoms with Crippen LogP contribution < -0.4 is 4.90 Å². The van der Waals surface area contributed by atoms with Crippen molar-refractivity contribution in [1.82, 2.24) is 4.98 Å². The Balaban J connectivity index is 2.31. The van der Waals surface area contributed by atoms with Crippen molar-refractivity contribution < 1.29 is 14.0 Å². The average Bonchev–Trinajstić information content (AvgIpc) is 2.43. The minimum Gasteiger partial charge on any atom is -0.348 e. The molecule has 0 spiro atoms. The number of carbonyl (C=O) groups excluding carboxylic acids is 2. The van der Waals surface area contributed by atoms with E-state index >= 15 is 0 Å². The van der Waals surface area contributed by atoms with Crippen molar-refractivity contribution in [2.75, 3.05) is 18.0 Å². The molecule has 1 aliphatic rings. The molecule has 0 fully saturated rings. The van der Waals surface area contributed by atoms with Crippen LogP contribution in [0.25, 0.3) is 10.9 Å². The van der Waals surface area contributed by atoms with E-state index in [1.165, 1.54) is 18.2 Å². The molecule has 2 heterocycles. The highest BCUT2D eigenvalue weighted by atomic mass is 35.5. The van der Waals surface area contributed by atoms with Gasteiger partial charge in [-0.2, -0.15) is 0 Å². The van der Waals surface area contributed by atoms with Crippen molar-refractivity contribution in [3.63, 3.8) is 0 Å². The Morgan fingerprint density at radius 2 is 2.10 bits per heavy atom. The zero-order valence-electron chi connectivity index (χ0n) is 10.6. The molecule has 0 saturated carbocycles. The Hall–Kier alpha value is -2.01. The Morgan fingerprint density at radius 3 is 2.80 bits per heavy atom. The molecular formula is C14H10ClFN2O2. The second kappa shape index (κ2) is 4.52. The number of halogens is 2. The van der Waals surface area contributed by atoms with Gasteiger partial charge in [0.25, 0.3) is 0 Å². The van der Waals surface area contributed by atoms with Crippen LogP contribution in [0.1, 0.15) is 17.3 Å². The lowest BCUT2D eigenvalue weighted by Crippen LogP contribution is -2.40. The predicted molar refractivity (Wildman–Crippen MR) is 73.9 cm³/mol. The molecule has 1 aromatic carbocycles. The van der Waals surface area contributed by atoms with E-state index in [0.717, 1.165) is 0 Å². The van der Waals surface area contributed by atoms with Gasteiger partial charge in [0.2, 0.25) is 11.6 Å². The molecule has 2 aromatic rings. The van der Waals surface area contributed by atoms with Crippen molar-refractivity contribution in [3.8, 4) is 0 Å². The molecule has 6 heteroatoms. The fourth-order valence-corrected chi connectivity index (χ4v) is 2.46. The number of hydrogen-bond donors (Lipinski definition) is 0. The number of hydrogen-bond acceptors (Lipinski definition) is 4. The van der Waals surface area contributed by atoms with Crippen molar-refractivity contribution in [1.29, 1.82) is 0 Å². The van der Waals surface area contributed by atoms with Gasteiger partial charge < -0.3 is 4.90 Å². The smallest absolute Gasteiger partial charge is 0.234 e. The van der Waals surface area contributed by atoms with Crippen LogP contribution in [0.3, 0.4) is 0 Å². The molecule has 0 unspecified atom stereocenters. The maximum absolute atomic E-state index is 13.5. The minimum absolute atomic E-state index is 0.0220. The number of anilines is 1. The van der Waals surface area contributed by atoms with Gasteiger partial charge in [0, 0.05) is 11.9 Å². The first-order chi connectivity index (χ1) is 9.51. The van der Waals surface area contributed by atoms with Crippen LogP contribution in [0.4, 0.5) is 10.2 Å². The molecule has 0 atom stereocenters. The number of Topliss-reactive ketones (excluding diaryl/α,β-unsaturated/α-hetero) is 2. The Morgan fingerprint density at radius 1 is 1.35 bits per heavy atom. The molecule has 0 amide bonds. The third-order valence-electron chi connectivity index (χ3n) is 3.35. The number of aromatic nitrogens is 1. The standard InChI is InChI=1S/C14H10ClFN2O2/c1-2-18-6-12(19)13(20)8-3-7-4-10(16)9(15)5-11(7)17-14(8)18/h3-5H,2,6H2,1H3. The first kappa shape index (κ1) is 13.0. The number of benzene rings is 1. The summed E-state index contributed by atoms with van der Waals surface area (Å²) >= 11 is 5.74. The lowest BCUT2D eigenvalue weighted by molar-refractivity contribution is -0.114. The largest absolute Gasteiger partial charge is 0.348 e. The summed E-state index contributed by atoms with van der Waals surface area (Å²) in [6.45, 7) is 2.45. The maximum atomic E-state index is 13.5. The molecule has 102 valence electrons. The number of fused-ring (bicyclic) bond motifs is 2. The van der Waals surface area contributed by atoms with E-state index in [9.17, 15) is 14.0 Å². The highest BCUT2D eigenvalue weighted by molar-refractivity contribution is 6.47. The molecule has 4 nitrogen and oxygen atoms in total. The van der Waals surface area contributed by atoms with E-state index in [4.69, 9.17) is 11.6 Å². The minimum atomic E-state index is -0.581. The lowest BCUT2D eigenvalue weighted by atomic mass is 10.0. The second-order valence-electron chi connectivity index (χ2n) is 4.59. The van der Waals surface area contributed by atoms with Crippen LogP contribution in [0, 0.1) is 5.82 Å². The third kappa shape index (κ3) is 1.86. The Bertz CT molecular complexity index is 760. The lowest BCUT2D eigenvalue weighted by Gasteiger charge is -2.27. The van der Waals surface area contributed by atoms with Crippen molar-refractivity contribution in [2.24, 2.45) is 0 Å². The first-order valence-electron chi connectivity index (χ1n) is 6.13. The van der Waals surface area contributed by atoms with Gasteiger partial charge in [-0.1, -0.05) is 11.6 Å². The zero-order chi connectivity index (χ0) is 14.4. The number of likely N-dealkylation sites (N-methyl/N-ethyl adjacent to an activating group) is 1. The van der Waals surface area contributed by atoms with Gasteiger partial charge in [-0.25, -0.2) is 9.37 Å². The SMILES string of the molecule is CCN1CC(=O)C(=O)c2cc3cc(F)c(Cl)cc3nc21. The molecule has 0 saturated heterocycles. The monoisotopic (exact) mass is 292 g/mol. The van der Waals surface area contributed by atoms with Gasteiger partial charge in [0.05, 0.1) is 22.6 Å². The fraction of sp³-hybridized carbons (Fsp3) is 0.214. The summed E-state index contributed by atoms with van der Waals surface area (Å²) in [5.74, 6) is -1.18. The fourth-order valence-electron chi connectivity index (χ4n) is 2.30. The number of rotatable bonds is 1. The summed E-state index contributed by atoms with van der Waals surface area (Å²) < 4.78 is 13.5. The summed E-state index contributed by atoms with van der Waals surface area (Å²) in [5.41, 5.74) is 0.716. The van der Waals surface area contributed by atoms with Crippen molar-refractivity contribution in [2.45, 2.75) is 6.92 Å². The molecule has 0 bridgehead atoms. The van der Waals surface area contributed by atoms with Crippen LogP contribution in [-0.2, 0) is 4.79 Å². The number of nitrogens with zero attached hydrogens (tertiary/aromatic N) is 2. The summed E-state index contributed by atoms with van der Waals surface area (Å²) in [6, 6.07) is 4.13. The highest BCUT2D eigenvalue weighted by Crippen LogP contribution is 2.29. The highest BCUT2D eigenvalue weighted by Gasteiger charge is 2.31. The van der Waals surface area contributed by atoms with E-state index < -0.39 is 17.4 Å². The molecule has 1 aliphatic heterocycles. The predicted octanol–water partition coefficient (Wildman–Crippen LogP) is 2.62. The topological polar surface area (TPSA) is 50.3 Å². The van der Waals surface area contributed by atoms with Gasteiger partial charge in [0.15, 0.2) is 0 Å². The molecule has 0 N–H and O–H groups in total. The number of ketones is 2. The molecular weight excluding hydrogens is 283 g/mol. The number of pyridine rings is 1. The normalized spacial score (nSPS) is 14.8. The van der Waals surface area contributed by atoms with Gasteiger partial charge in [-0.3, -0.25) is 9.59 Å². The maximum Gasteiger partial charge on any atom is 0.234 e. The van der Waals surface area contributed by atoms with E-state index in [2.05, 4.69) is 4.98 Å². The zero-order valence-corrected chi connectivity index (χ0v) is 11.4. The van der Waals surface area contributed by atoms with Crippen LogP contribution in [0.2, 0.25) is 5.02 Å². The van der Waals surface area contributed by atoms with Gasteiger partial charge in [0.1, 0.15) is 11.6 Å². The summed E-state index contributed by atoms with van der Waals surface area (Å²) in [4.78, 5) is 29.7. The van der Waals surface area contributed by atoms with E-state index in [-0.39, 0.29) is 17.1 Å². The Kier molecular flexibility index (Phi) is 2.94. The molecule has 3 rings (SSSR count). The summed E-state index contributed by atoms with van der Waals surface area (Å²) in [7, 11) is 0. The van der Waals surface area contributed by atoms with E-state index in [1.807, 2.05) is 6.92 Å². The van der Waals surface area contributed by atoms with Crippen molar-refractivity contribution in [3.05, 3.63) is 34.6 Å². The molecule has 1 aromatic heterocycles. The van der Waals surface area contributed by atoms with Crippen LogP contribution in [0.5, 0.6) is 0 Å². The van der Waals surface area contributed by atoms with E-state index in [1.54, 1.807) is 4.90 Å². The molecule has 0 aliphatic carbocycles. The average molecular weight is 293 g/mol. The summed E-state index contributed by atoms with van der Waals surface area (Å²) in [5, 5.41) is 0.427. The second-order valence-corrected chi connectivity index (χ2v) is 4.99. The van der Waals surface area contributed by atoms with Crippen molar-refractivity contribution >= 4 is 39.9 Å². The number of carbonyl (C=O) groups is 2. The Labute approximate surface area is 119 Å². The van der Waals surface area contributed by atoms with Crippen LogP contribution in [-0.4, -0.2) is 29.6 Å². The quantitative estimate of drug-likeness (QED) is 0.758. The van der Waals surface area contributed by atoms with Gasteiger partial charge in [-0.05, 0) is 25.1 Å².